The first-order chi connectivity index (χ1) is 11.0. The molecule has 0 saturated carbocycles. The number of rotatable bonds is 3. The molecular formula is C18H15FN2OS. The van der Waals surface area contributed by atoms with E-state index >= 15 is 0 Å². The standard InChI is InChI=1S/C18H15FN2OS/c1-11-6-7-12(2)15(8-11)16-10-23-18(20-16)21-17(22)13-4-3-5-14(19)9-13/h3-10H,1-2H3,(H,20,21,22). The van der Waals surface area contributed by atoms with Crippen LogP contribution in [0.25, 0.3) is 11.3 Å². The Morgan fingerprint density at radius 2 is 2.00 bits per heavy atom. The van der Waals surface area contributed by atoms with Gasteiger partial charge >= 0.3 is 0 Å². The Hall–Kier alpha value is -2.53. The summed E-state index contributed by atoms with van der Waals surface area (Å²) in [6.07, 6.45) is 0. The Morgan fingerprint density at radius 3 is 2.78 bits per heavy atom. The number of benzene rings is 2. The quantitative estimate of drug-likeness (QED) is 0.750. The number of thiazole rings is 1. The summed E-state index contributed by atoms with van der Waals surface area (Å²) in [4.78, 5) is 16.6. The third-order valence-electron chi connectivity index (χ3n) is 3.48. The summed E-state index contributed by atoms with van der Waals surface area (Å²) in [5, 5.41) is 5.11. The first-order valence-electron chi connectivity index (χ1n) is 7.13. The first-order valence-corrected chi connectivity index (χ1v) is 8.01. The van der Waals surface area contributed by atoms with Gasteiger partial charge < -0.3 is 0 Å². The van der Waals surface area contributed by atoms with E-state index in [1.54, 1.807) is 6.07 Å². The van der Waals surface area contributed by atoms with Crippen LogP contribution in [-0.2, 0) is 0 Å². The van der Waals surface area contributed by atoms with E-state index < -0.39 is 5.82 Å². The van der Waals surface area contributed by atoms with E-state index in [9.17, 15) is 9.18 Å². The fraction of sp³-hybridized carbons (Fsp3) is 0.111. The zero-order valence-electron chi connectivity index (χ0n) is 12.8. The van der Waals surface area contributed by atoms with Crippen molar-refractivity contribution in [3.8, 4) is 11.3 Å². The van der Waals surface area contributed by atoms with E-state index in [1.807, 2.05) is 19.2 Å². The number of anilines is 1. The van der Waals surface area contributed by atoms with Crippen LogP contribution in [0.5, 0.6) is 0 Å². The van der Waals surface area contributed by atoms with Gasteiger partial charge in [0.2, 0.25) is 0 Å². The van der Waals surface area contributed by atoms with E-state index in [0.717, 1.165) is 22.4 Å². The summed E-state index contributed by atoms with van der Waals surface area (Å²) < 4.78 is 13.2. The van der Waals surface area contributed by atoms with Gasteiger partial charge in [-0.05, 0) is 43.7 Å². The topological polar surface area (TPSA) is 42.0 Å². The average molecular weight is 326 g/mol. The Morgan fingerprint density at radius 1 is 1.17 bits per heavy atom. The number of halogens is 1. The summed E-state index contributed by atoms with van der Waals surface area (Å²) in [5.41, 5.74) is 4.43. The maximum atomic E-state index is 13.2. The number of carbonyl (C=O) groups is 1. The molecule has 1 N–H and O–H groups in total. The van der Waals surface area contributed by atoms with Crippen molar-refractivity contribution in [3.05, 3.63) is 70.4 Å². The normalized spacial score (nSPS) is 10.6. The van der Waals surface area contributed by atoms with Gasteiger partial charge in [-0.1, -0.05) is 23.8 Å². The number of nitrogens with one attached hydrogen (secondary N) is 1. The lowest BCUT2D eigenvalue weighted by Gasteiger charge is -2.04. The van der Waals surface area contributed by atoms with Crippen molar-refractivity contribution in [2.45, 2.75) is 13.8 Å². The monoisotopic (exact) mass is 326 g/mol. The van der Waals surface area contributed by atoms with E-state index in [0.29, 0.717) is 5.13 Å². The Balaban J connectivity index is 1.82. The molecule has 0 radical (unpaired) electrons. The van der Waals surface area contributed by atoms with Gasteiger partial charge in [-0.25, -0.2) is 9.37 Å². The number of nitrogens with zero attached hydrogens (tertiary/aromatic N) is 1. The fourth-order valence-electron chi connectivity index (χ4n) is 2.27. The van der Waals surface area contributed by atoms with Crippen molar-refractivity contribution >= 4 is 22.4 Å². The number of carbonyl (C=O) groups excluding carboxylic acids is 1. The van der Waals surface area contributed by atoms with Crippen molar-refractivity contribution in [1.29, 1.82) is 0 Å². The van der Waals surface area contributed by atoms with Crippen molar-refractivity contribution in [2.75, 3.05) is 5.32 Å². The average Bonchev–Trinajstić information content (AvgIpc) is 2.98. The zero-order valence-corrected chi connectivity index (χ0v) is 13.6. The van der Waals surface area contributed by atoms with Crippen LogP contribution in [0.4, 0.5) is 9.52 Å². The molecule has 2 aromatic carbocycles. The van der Waals surface area contributed by atoms with Crippen molar-refractivity contribution in [1.82, 2.24) is 4.98 Å². The van der Waals surface area contributed by atoms with E-state index in [-0.39, 0.29) is 11.5 Å². The molecule has 0 aliphatic carbocycles. The van der Waals surface area contributed by atoms with Gasteiger partial charge in [0, 0.05) is 16.5 Å². The molecule has 0 spiro atoms. The molecule has 1 amide bonds. The number of aromatic nitrogens is 1. The lowest BCUT2D eigenvalue weighted by atomic mass is 10.0. The van der Waals surface area contributed by atoms with Gasteiger partial charge in [-0.15, -0.1) is 11.3 Å². The number of hydrogen-bond acceptors (Lipinski definition) is 3. The van der Waals surface area contributed by atoms with Crippen LogP contribution in [0.3, 0.4) is 0 Å². The van der Waals surface area contributed by atoms with Crippen LogP contribution in [0.2, 0.25) is 0 Å². The number of aryl methyl sites for hydroxylation is 2. The summed E-state index contributed by atoms with van der Waals surface area (Å²) in [6, 6.07) is 11.8. The molecule has 0 atom stereocenters. The second kappa shape index (κ2) is 6.30. The fourth-order valence-corrected chi connectivity index (χ4v) is 2.97. The zero-order chi connectivity index (χ0) is 16.4. The molecule has 1 aromatic heterocycles. The number of hydrogen-bond donors (Lipinski definition) is 1. The first kappa shape index (κ1) is 15.4. The van der Waals surface area contributed by atoms with E-state index in [1.165, 1.54) is 29.5 Å². The van der Waals surface area contributed by atoms with Gasteiger partial charge in [-0.2, -0.15) is 0 Å². The summed E-state index contributed by atoms with van der Waals surface area (Å²) >= 11 is 1.35. The number of amides is 1. The van der Waals surface area contributed by atoms with E-state index in [4.69, 9.17) is 0 Å². The summed E-state index contributed by atoms with van der Waals surface area (Å²) in [5.74, 6) is -0.806. The molecule has 3 aromatic rings. The summed E-state index contributed by atoms with van der Waals surface area (Å²) in [6.45, 7) is 4.06. The minimum Gasteiger partial charge on any atom is -0.298 e. The highest BCUT2D eigenvalue weighted by Crippen LogP contribution is 2.28. The maximum absolute atomic E-state index is 13.2. The summed E-state index contributed by atoms with van der Waals surface area (Å²) in [7, 11) is 0. The second-order valence-corrected chi connectivity index (χ2v) is 6.18. The third-order valence-corrected chi connectivity index (χ3v) is 4.24. The largest absolute Gasteiger partial charge is 0.298 e. The molecule has 1 heterocycles. The Kier molecular flexibility index (Phi) is 4.21. The molecule has 0 aliphatic heterocycles. The smallest absolute Gasteiger partial charge is 0.257 e. The van der Waals surface area contributed by atoms with Gasteiger partial charge in [0.05, 0.1) is 5.69 Å². The highest BCUT2D eigenvalue weighted by atomic mass is 32.1. The molecule has 0 fully saturated rings. The van der Waals surface area contributed by atoms with Crippen LogP contribution in [-0.4, -0.2) is 10.9 Å². The molecule has 116 valence electrons. The lowest BCUT2D eigenvalue weighted by molar-refractivity contribution is 0.102. The van der Waals surface area contributed by atoms with Crippen LogP contribution < -0.4 is 5.32 Å². The SMILES string of the molecule is Cc1ccc(C)c(-c2csc(NC(=O)c3cccc(F)c3)n2)c1. The molecule has 3 rings (SSSR count). The predicted octanol–water partition coefficient (Wildman–Crippen LogP) is 4.82. The minimum atomic E-state index is -0.437. The molecule has 0 aliphatic rings. The van der Waals surface area contributed by atoms with Crippen LogP contribution in [0.1, 0.15) is 21.5 Å². The molecule has 0 bridgehead atoms. The van der Waals surface area contributed by atoms with Crippen molar-refractivity contribution in [2.24, 2.45) is 0 Å². The molecule has 5 heteroatoms. The van der Waals surface area contributed by atoms with Crippen LogP contribution in [0.15, 0.2) is 47.8 Å². The van der Waals surface area contributed by atoms with Crippen LogP contribution in [0, 0.1) is 19.7 Å². The van der Waals surface area contributed by atoms with Gasteiger partial charge in [-0.3, -0.25) is 10.1 Å². The second-order valence-electron chi connectivity index (χ2n) is 5.32. The Bertz CT molecular complexity index is 873. The van der Waals surface area contributed by atoms with Gasteiger partial charge in [0.25, 0.3) is 5.91 Å². The van der Waals surface area contributed by atoms with E-state index in [2.05, 4.69) is 28.5 Å². The highest BCUT2D eigenvalue weighted by Gasteiger charge is 2.11. The molecule has 0 saturated heterocycles. The Labute approximate surface area is 137 Å². The highest BCUT2D eigenvalue weighted by molar-refractivity contribution is 7.14. The maximum Gasteiger partial charge on any atom is 0.257 e. The molecular weight excluding hydrogens is 311 g/mol. The minimum absolute atomic E-state index is 0.272. The van der Waals surface area contributed by atoms with Gasteiger partial charge in [0.1, 0.15) is 5.82 Å². The predicted molar refractivity (Wildman–Crippen MR) is 91.4 cm³/mol. The van der Waals surface area contributed by atoms with Crippen molar-refractivity contribution < 1.29 is 9.18 Å². The van der Waals surface area contributed by atoms with Crippen LogP contribution >= 0.6 is 11.3 Å². The van der Waals surface area contributed by atoms with Gasteiger partial charge in [0.15, 0.2) is 5.13 Å². The molecule has 3 nitrogen and oxygen atoms in total. The lowest BCUT2D eigenvalue weighted by Crippen LogP contribution is -2.11. The molecule has 0 unspecified atom stereocenters. The molecule has 23 heavy (non-hydrogen) atoms. The van der Waals surface area contributed by atoms with Crippen molar-refractivity contribution in [3.63, 3.8) is 0 Å². The third kappa shape index (κ3) is 3.46.